The Labute approximate surface area is 138 Å². The van der Waals surface area contributed by atoms with Crippen LogP contribution < -0.4 is 10.3 Å². The molecule has 0 saturated heterocycles. The number of ether oxygens (including phenoxy) is 1. The van der Waals surface area contributed by atoms with Gasteiger partial charge in [0.25, 0.3) is 0 Å². The Morgan fingerprint density at radius 1 is 1.13 bits per heavy atom. The molecular formula is C18H14ClNO3. The van der Waals surface area contributed by atoms with E-state index >= 15 is 0 Å². The summed E-state index contributed by atoms with van der Waals surface area (Å²) < 4.78 is 10.9. The molecule has 0 unspecified atom stereocenters. The molecule has 3 aromatic rings. The van der Waals surface area contributed by atoms with E-state index in [4.69, 9.17) is 20.8 Å². The lowest BCUT2D eigenvalue weighted by molar-refractivity contribution is 0.101. The van der Waals surface area contributed by atoms with Crippen molar-refractivity contribution in [2.45, 2.75) is 6.92 Å². The van der Waals surface area contributed by atoms with E-state index in [2.05, 4.69) is 4.99 Å². The lowest BCUT2D eigenvalue weighted by Crippen LogP contribution is -2.12. The summed E-state index contributed by atoms with van der Waals surface area (Å²) in [6.07, 6.45) is 0. The first kappa shape index (κ1) is 15.3. The highest BCUT2D eigenvalue weighted by molar-refractivity contribution is 6.31. The standard InChI is InChI=1S/C18H14ClNO3/c1-11(21)16-10-12-9-13(19)3-8-17(12)23-18(16)20-14-4-6-15(22-2)7-5-14/h3-10H,1-2H3. The maximum Gasteiger partial charge on any atom is 0.230 e. The molecule has 0 N–H and O–H groups in total. The van der Waals surface area contributed by atoms with Crippen molar-refractivity contribution in [2.75, 3.05) is 7.11 Å². The number of Topliss-reactive ketones (excluding diaryl/α,β-unsaturated/α-hetero) is 1. The molecule has 3 rings (SSSR count). The van der Waals surface area contributed by atoms with E-state index in [9.17, 15) is 4.79 Å². The SMILES string of the molecule is COc1ccc(N=c2oc3ccc(Cl)cc3cc2C(C)=O)cc1. The van der Waals surface area contributed by atoms with Gasteiger partial charge in [-0.05, 0) is 55.5 Å². The van der Waals surface area contributed by atoms with Crippen LogP contribution in [0, 0.1) is 0 Å². The number of nitrogens with zero attached hydrogens (tertiary/aromatic N) is 1. The number of benzene rings is 2. The summed E-state index contributed by atoms with van der Waals surface area (Å²) in [5, 5.41) is 1.35. The summed E-state index contributed by atoms with van der Waals surface area (Å²) in [6.45, 7) is 1.48. The quantitative estimate of drug-likeness (QED) is 0.664. The van der Waals surface area contributed by atoms with Crippen LogP contribution in [0.1, 0.15) is 17.3 Å². The van der Waals surface area contributed by atoms with Gasteiger partial charge in [-0.1, -0.05) is 11.6 Å². The molecule has 0 spiro atoms. The van der Waals surface area contributed by atoms with Crippen molar-refractivity contribution < 1.29 is 13.9 Å². The number of carbonyl (C=O) groups excluding carboxylic acids is 1. The molecule has 0 aliphatic rings. The molecular weight excluding hydrogens is 314 g/mol. The van der Waals surface area contributed by atoms with E-state index in [1.807, 2.05) is 0 Å². The summed E-state index contributed by atoms with van der Waals surface area (Å²) in [5.41, 5.74) is 1.98. The fraction of sp³-hybridized carbons (Fsp3) is 0.111. The second kappa shape index (κ2) is 6.26. The van der Waals surface area contributed by atoms with Crippen molar-refractivity contribution in [1.29, 1.82) is 0 Å². The number of fused-ring (bicyclic) bond motifs is 1. The average molecular weight is 328 g/mol. The van der Waals surface area contributed by atoms with Gasteiger partial charge in [0.1, 0.15) is 11.3 Å². The molecule has 0 radical (unpaired) electrons. The number of hydrogen-bond acceptors (Lipinski definition) is 4. The molecule has 0 aliphatic carbocycles. The number of ketones is 1. The van der Waals surface area contributed by atoms with E-state index in [0.717, 1.165) is 11.1 Å². The van der Waals surface area contributed by atoms with Gasteiger partial charge in [-0.3, -0.25) is 4.79 Å². The first-order chi connectivity index (χ1) is 11.1. The molecule has 0 aliphatic heterocycles. The molecule has 0 fully saturated rings. The number of methoxy groups -OCH3 is 1. The van der Waals surface area contributed by atoms with Crippen LogP contribution in [0.3, 0.4) is 0 Å². The lowest BCUT2D eigenvalue weighted by atomic mass is 10.1. The largest absolute Gasteiger partial charge is 0.497 e. The van der Waals surface area contributed by atoms with E-state index in [1.165, 1.54) is 6.92 Å². The zero-order valence-electron chi connectivity index (χ0n) is 12.7. The van der Waals surface area contributed by atoms with Crippen LogP contribution in [-0.2, 0) is 0 Å². The van der Waals surface area contributed by atoms with Crippen LogP contribution in [0.25, 0.3) is 11.0 Å². The van der Waals surface area contributed by atoms with Gasteiger partial charge in [-0.15, -0.1) is 0 Å². The number of hydrogen-bond donors (Lipinski definition) is 0. The molecule has 1 heterocycles. The monoisotopic (exact) mass is 327 g/mol. The van der Waals surface area contributed by atoms with Gasteiger partial charge < -0.3 is 9.15 Å². The fourth-order valence-electron chi connectivity index (χ4n) is 2.21. The molecule has 2 aromatic carbocycles. The topological polar surface area (TPSA) is 51.8 Å². The van der Waals surface area contributed by atoms with Gasteiger partial charge in [0.05, 0.1) is 18.4 Å². The molecule has 0 bridgehead atoms. The van der Waals surface area contributed by atoms with Gasteiger partial charge in [-0.25, -0.2) is 4.99 Å². The zero-order valence-corrected chi connectivity index (χ0v) is 13.4. The van der Waals surface area contributed by atoms with E-state index in [0.29, 0.717) is 21.9 Å². The molecule has 5 heteroatoms. The summed E-state index contributed by atoms with van der Waals surface area (Å²) in [5.74, 6) is 0.615. The number of rotatable bonds is 3. The van der Waals surface area contributed by atoms with E-state index in [1.54, 1.807) is 55.6 Å². The van der Waals surface area contributed by atoms with Gasteiger partial charge in [0.15, 0.2) is 5.78 Å². The van der Waals surface area contributed by atoms with Crippen LogP contribution in [0.4, 0.5) is 5.69 Å². The highest BCUT2D eigenvalue weighted by Gasteiger charge is 2.09. The fourth-order valence-corrected chi connectivity index (χ4v) is 2.39. The Morgan fingerprint density at radius 3 is 2.52 bits per heavy atom. The van der Waals surface area contributed by atoms with E-state index < -0.39 is 0 Å². The summed E-state index contributed by atoms with van der Waals surface area (Å²) in [7, 11) is 1.60. The maximum absolute atomic E-state index is 11.9. The highest BCUT2D eigenvalue weighted by Crippen LogP contribution is 2.21. The molecule has 116 valence electrons. The first-order valence-corrected chi connectivity index (χ1v) is 7.38. The van der Waals surface area contributed by atoms with Crippen molar-refractivity contribution in [1.82, 2.24) is 0 Å². The minimum Gasteiger partial charge on any atom is -0.497 e. The minimum atomic E-state index is -0.122. The van der Waals surface area contributed by atoms with Crippen molar-refractivity contribution in [3.63, 3.8) is 0 Å². The Kier molecular flexibility index (Phi) is 4.17. The third-order valence-electron chi connectivity index (χ3n) is 3.39. The molecule has 0 atom stereocenters. The second-order valence-corrected chi connectivity index (χ2v) is 5.45. The molecule has 0 amide bonds. The van der Waals surface area contributed by atoms with Gasteiger partial charge >= 0.3 is 0 Å². The third kappa shape index (κ3) is 3.27. The third-order valence-corrected chi connectivity index (χ3v) is 3.63. The minimum absolute atomic E-state index is 0.122. The van der Waals surface area contributed by atoms with Crippen LogP contribution in [-0.4, -0.2) is 12.9 Å². The van der Waals surface area contributed by atoms with Crippen molar-refractivity contribution in [2.24, 2.45) is 4.99 Å². The zero-order chi connectivity index (χ0) is 16.4. The Hall–Kier alpha value is -2.59. The Morgan fingerprint density at radius 2 is 1.87 bits per heavy atom. The van der Waals surface area contributed by atoms with Crippen molar-refractivity contribution >= 4 is 34.0 Å². The first-order valence-electron chi connectivity index (χ1n) is 7.00. The van der Waals surface area contributed by atoms with E-state index in [-0.39, 0.29) is 11.3 Å². The van der Waals surface area contributed by atoms with Crippen LogP contribution in [0.5, 0.6) is 5.75 Å². The van der Waals surface area contributed by atoms with Crippen molar-refractivity contribution in [3.8, 4) is 5.75 Å². The number of carbonyl (C=O) groups is 1. The van der Waals surface area contributed by atoms with Crippen molar-refractivity contribution in [3.05, 3.63) is 64.7 Å². The summed E-state index contributed by atoms with van der Waals surface area (Å²) >= 11 is 5.99. The molecule has 0 saturated carbocycles. The predicted molar refractivity (Wildman–Crippen MR) is 89.4 cm³/mol. The average Bonchev–Trinajstić information content (AvgIpc) is 2.55. The normalized spacial score (nSPS) is 11.7. The predicted octanol–water partition coefficient (Wildman–Crippen LogP) is 4.53. The van der Waals surface area contributed by atoms with Gasteiger partial charge in [-0.2, -0.15) is 0 Å². The highest BCUT2D eigenvalue weighted by atomic mass is 35.5. The maximum atomic E-state index is 11.9. The van der Waals surface area contributed by atoms with Crippen LogP contribution in [0.15, 0.2) is 57.9 Å². The second-order valence-electron chi connectivity index (χ2n) is 5.01. The lowest BCUT2D eigenvalue weighted by Gasteiger charge is -2.03. The van der Waals surface area contributed by atoms with Crippen LogP contribution >= 0.6 is 11.6 Å². The summed E-state index contributed by atoms with van der Waals surface area (Å²) in [6, 6.07) is 14.2. The Balaban J connectivity index is 2.21. The molecule has 4 nitrogen and oxygen atoms in total. The molecule has 23 heavy (non-hydrogen) atoms. The van der Waals surface area contributed by atoms with Gasteiger partial charge in [0, 0.05) is 10.4 Å². The van der Waals surface area contributed by atoms with Gasteiger partial charge in [0.2, 0.25) is 5.55 Å². The summed E-state index contributed by atoms with van der Waals surface area (Å²) in [4.78, 5) is 16.3. The molecule has 1 aromatic heterocycles. The Bertz CT molecular complexity index is 943. The smallest absolute Gasteiger partial charge is 0.230 e. The number of halogens is 1. The van der Waals surface area contributed by atoms with Crippen LogP contribution in [0.2, 0.25) is 5.02 Å².